The third kappa shape index (κ3) is 5.81. The van der Waals surface area contributed by atoms with Crippen molar-refractivity contribution in [2.45, 2.75) is 5.41 Å². The fourth-order valence-electron chi connectivity index (χ4n) is 10.8. The molecule has 0 aliphatic heterocycles. The van der Waals surface area contributed by atoms with Crippen LogP contribution in [0.15, 0.2) is 253 Å². The number of para-hydroxylation sites is 1. The molecule has 0 atom stereocenters. The zero-order valence-electron chi connectivity index (χ0n) is 35.5. The van der Waals surface area contributed by atoms with E-state index in [2.05, 4.69) is 248 Å². The van der Waals surface area contributed by atoms with E-state index in [1.165, 1.54) is 77.2 Å². The van der Waals surface area contributed by atoms with Gasteiger partial charge in [-0.25, -0.2) is 0 Å². The summed E-state index contributed by atoms with van der Waals surface area (Å²) in [6.45, 7) is 0. The third-order valence-electron chi connectivity index (χ3n) is 13.7. The number of rotatable bonds is 7. The van der Waals surface area contributed by atoms with E-state index >= 15 is 0 Å². The summed E-state index contributed by atoms with van der Waals surface area (Å²) in [7, 11) is 0. The standard InChI is InChI=1S/C63H41NO/c1-3-19-49(20-4-1)63(50-21-5-2-6-22-50)57-25-13-11-24-56(57)61-58(38-37-53(62(61)63)48-30-28-43-16-8-10-18-46(43)40-48)64(52-35-36-55-54-23-12-14-26-59(54)65-60(55)41-52)51-33-31-44(32-34-51)47-29-27-42-15-7-9-17-45(42)39-47/h1-41H. The highest BCUT2D eigenvalue weighted by molar-refractivity contribution is 6.07. The van der Waals surface area contributed by atoms with Crippen LogP contribution in [0.3, 0.4) is 0 Å². The number of hydrogen-bond acceptors (Lipinski definition) is 2. The molecule has 1 heterocycles. The van der Waals surface area contributed by atoms with Crippen molar-refractivity contribution in [2.24, 2.45) is 0 Å². The molecular formula is C63H41NO. The molecule has 0 saturated heterocycles. The average molecular weight is 828 g/mol. The van der Waals surface area contributed by atoms with Crippen LogP contribution >= 0.6 is 0 Å². The van der Waals surface area contributed by atoms with Crippen molar-refractivity contribution in [3.05, 3.63) is 271 Å². The summed E-state index contributed by atoms with van der Waals surface area (Å²) < 4.78 is 6.61. The fraction of sp³-hybridized carbons (Fsp3) is 0.0159. The van der Waals surface area contributed by atoms with Crippen molar-refractivity contribution >= 4 is 60.5 Å². The van der Waals surface area contributed by atoms with Crippen LogP contribution in [0.4, 0.5) is 17.1 Å². The van der Waals surface area contributed by atoms with Gasteiger partial charge in [0.25, 0.3) is 0 Å². The van der Waals surface area contributed by atoms with Crippen LogP contribution in [0, 0.1) is 0 Å². The highest BCUT2D eigenvalue weighted by atomic mass is 16.3. The van der Waals surface area contributed by atoms with Crippen molar-refractivity contribution in [1.82, 2.24) is 0 Å². The molecule has 12 aromatic rings. The lowest BCUT2D eigenvalue weighted by Gasteiger charge is -2.36. The van der Waals surface area contributed by atoms with Gasteiger partial charge >= 0.3 is 0 Å². The van der Waals surface area contributed by atoms with E-state index in [1.54, 1.807) is 0 Å². The number of anilines is 3. The van der Waals surface area contributed by atoms with E-state index in [9.17, 15) is 0 Å². The van der Waals surface area contributed by atoms with Crippen molar-refractivity contribution in [3.8, 4) is 33.4 Å². The summed E-state index contributed by atoms with van der Waals surface area (Å²) >= 11 is 0. The van der Waals surface area contributed by atoms with Crippen LogP contribution in [0.25, 0.3) is 76.9 Å². The molecule has 11 aromatic carbocycles. The first kappa shape index (κ1) is 37.1. The van der Waals surface area contributed by atoms with Crippen molar-refractivity contribution in [3.63, 3.8) is 0 Å². The van der Waals surface area contributed by atoms with E-state index in [0.717, 1.165) is 39.0 Å². The van der Waals surface area contributed by atoms with E-state index in [0.29, 0.717) is 0 Å². The second-order valence-corrected chi connectivity index (χ2v) is 17.2. The first-order valence-corrected chi connectivity index (χ1v) is 22.4. The highest BCUT2D eigenvalue weighted by Crippen LogP contribution is 2.62. The SMILES string of the molecule is c1ccc(C2(c3ccccc3)c3ccccc3-c3c(N(c4ccc(-c5ccc6ccccc6c5)cc4)c4ccc5c(c4)oc4ccccc45)ccc(-c4ccc5ccccc5c4)c32)cc1. The Morgan fingerprint density at radius 1 is 0.338 bits per heavy atom. The van der Waals surface area contributed by atoms with E-state index in [4.69, 9.17) is 4.42 Å². The largest absolute Gasteiger partial charge is 0.456 e. The van der Waals surface area contributed by atoms with Gasteiger partial charge in [-0.15, -0.1) is 0 Å². The minimum Gasteiger partial charge on any atom is -0.456 e. The van der Waals surface area contributed by atoms with Gasteiger partial charge in [0.05, 0.1) is 11.1 Å². The van der Waals surface area contributed by atoms with Gasteiger partial charge in [-0.1, -0.05) is 194 Å². The van der Waals surface area contributed by atoms with Gasteiger partial charge in [0.15, 0.2) is 0 Å². The molecular weight excluding hydrogens is 787 g/mol. The van der Waals surface area contributed by atoms with Crippen LogP contribution in [0.2, 0.25) is 0 Å². The third-order valence-corrected chi connectivity index (χ3v) is 13.7. The number of nitrogens with zero attached hydrogens (tertiary/aromatic N) is 1. The maximum Gasteiger partial charge on any atom is 0.137 e. The maximum atomic E-state index is 6.61. The second kappa shape index (κ2) is 14.8. The van der Waals surface area contributed by atoms with Crippen molar-refractivity contribution < 1.29 is 4.42 Å². The Bertz CT molecular complexity index is 3730. The zero-order chi connectivity index (χ0) is 42.9. The summed E-state index contributed by atoms with van der Waals surface area (Å²) in [6, 6.07) is 91.1. The first-order valence-electron chi connectivity index (χ1n) is 22.4. The molecule has 1 aromatic heterocycles. The van der Waals surface area contributed by atoms with Crippen LogP contribution in [-0.2, 0) is 5.41 Å². The van der Waals surface area contributed by atoms with Crippen LogP contribution in [-0.4, -0.2) is 0 Å². The van der Waals surface area contributed by atoms with Crippen molar-refractivity contribution in [1.29, 1.82) is 0 Å². The number of benzene rings is 11. The molecule has 0 fully saturated rings. The Balaban J connectivity index is 1.12. The molecule has 0 amide bonds. The smallest absolute Gasteiger partial charge is 0.137 e. The molecule has 0 saturated carbocycles. The molecule has 2 heteroatoms. The van der Waals surface area contributed by atoms with Crippen LogP contribution < -0.4 is 4.90 Å². The molecule has 1 aliphatic rings. The fourth-order valence-corrected chi connectivity index (χ4v) is 10.8. The Morgan fingerprint density at radius 2 is 0.892 bits per heavy atom. The number of fused-ring (bicyclic) bond motifs is 8. The minimum atomic E-state index is -0.639. The molecule has 0 bridgehead atoms. The first-order chi connectivity index (χ1) is 32.2. The quantitative estimate of drug-likeness (QED) is 0.159. The topological polar surface area (TPSA) is 16.4 Å². The Hall–Kier alpha value is -8.46. The zero-order valence-corrected chi connectivity index (χ0v) is 35.5. The van der Waals surface area contributed by atoms with Gasteiger partial charge in [0.1, 0.15) is 11.2 Å². The Kier molecular flexibility index (Phi) is 8.47. The summed E-state index contributed by atoms with van der Waals surface area (Å²) in [5, 5.41) is 7.13. The van der Waals surface area contributed by atoms with Gasteiger partial charge < -0.3 is 9.32 Å². The molecule has 65 heavy (non-hydrogen) atoms. The molecule has 0 radical (unpaired) electrons. The highest BCUT2D eigenvalue weighted by Gasteiger charge is 2.49. The van der Waals surface area contributed by atoms with Gasteiger partial charge in [-0.3, -0.25) is 0 Å². The van der Waals surface area contributed by atoms with E-state index < -0.39 is 5.41 Å². The molecule has 1 aliphatic carbocycles. The summed E-state index contributed by atoms with van der Waals surface area (Å²) in [4.78, 5) is 2.45. The van der Waals surface area contributed by atoms with Gasteiger partial charge in [-0.05, 0) is 120 Å². The summed E-state index contributed by atoms with van der Waals surface area (Å²) in [5.74, 6) is 0. The monoisotopic (exact) mass is 827 g/mol. The lowest BCUT2D eigenvalue weighted by Crippen LogP contribution is -2.29. The van der Waals surface area contributed by atoms with Gasteiger partial charge in [0, 0.05) is 33.8 Å². The number of furan rings is 1. The van der Waals surface area contributed by atoms with E-state index in [-0.39, 0.29) is 0 Å². The predicted octanol–water partition coefficient (Wildman–Crippen LogP) is 17.1. The predicted molar refractivity (Wildman–Crippen MR) is 272 cm³/mol. The molecule has 304 valence electrons. The lowest BCUT2D eigenvalue weighted by molar-refractivity contribution is 0.669. The molecule has 0 N–H and O–H groups in total. The second-order valence-electron chi connectivity index (χ2n) is 17.2. The summed E-state index contributed by atoms with van der Waals surface area (Å²) in [5.41, 5.74) is 16.4. The molecule has 0 unspecified atom stereocenters. The lowest BCUT2D eigenvalue weighted by atomic mass is 9.66. The molecule has 0 spiro atoms. The van der Waals surface area contributed by atoms with Crippen LogP contribution in [0.5, 0.6) is 0 Å². The van der Waals surface area contributed by atoms with Crippen molar-refractivity contribution in [2.75, 3.05) is 4.90 Å². The van der Waals surface area contributed by atoms with Gasteiger partial charge in [0.2, 0.25) is 0 Å². The molecule has 13 rings (SSSR count). The number of hydrogen-bond donors (Lipinski definition) is 0. The minimum absolute atomic E-state index is 0.639. The normalized spacial score (nSPS) is 12.7. The average Bonchev–Trinajstić information content (AvgIpc) is 3.91. The summed E-state index contributed by atoms with van der Waals surface area (Å²) in [6.07, 6.45) is 0. The Morgan fingerprint density at radius 3 is 1.62 bits per heavy atom. The van der Waals surface area contributed by atoms with Crippen LogP contribution in [0.1, 0.15) is 22.3 Å². The van der Waals surface area contributed by atoms with E-state index in [1.807, 2.05) is 6.07 Å². The molecule has 2 nitrogen and oxygen atoms in total. The van der Waals surface area contributed by atoms with Gasteiger partial charge in [-0.2, -0.15) is 0 Å². The maximum absolute atomic E-state index is 6.61. The Labute approximate surface area is 377 Å².